The van der Waals surface area contributed by atoms with Crippen molar-refractivity contribution in [3.8, 4) is 0 Å². The highest BCUT2D eigenvalue weighted by atomic mass is 16.5. The third kappa shape index (κ3) is 1.69. The van der Waals surface area contributed by atoms with Crippen LogP contribution < -0.4 is 0 Å². The fourth-order valence-electron chi connectivity index (χ4n) is 0.690. The van der Waals surface area contributed by atoms with Gasteiger partial charge in [-0.15, -0.1) is 0 Å². The van der Waals surface area contributed by atoms with Crippen LogP contribution in [0.2, 0.25) is 0 Å². The van der Waals surface area contributed by atoms with Crippen LogP contribution in [0.5, 0.6) is 0 Å². The molecule has 0 aliphatic carbocycles. The molecule has 1 rings (SSSR count). The van der Waals surface area contributed by atoms with Crippen LogP contribution in [0.1, 0.15) is 17.3 Å². The maximum atomic E-state index is 11.1. The lowest BCUT2D eigenvalue weighted by Gasteiger charge is -1.96. The summed E-state index contributed by atoms with van der Waals surface area (Å²) in [5, 5.41) is 5.96. The van der Waals surface area contributed by atoms with Crippen LogP contribution >= 0.6 is 0 Å². The molecular formula is C7H8N2O3. The van der Waals surface area contributed by atoms with Gasteiger partial charge in [0.25, 0.3) is 5.78 Å². The van der Waals surface area contributed by atoms with Gasteiger partial charge in [0.05, 0.1) is 18.4 Å². The molecule has 0 radical (unpaired) electrons. The number of carbonyl (C=O) groups excluding carboxylic acids is 2. The summed E-state index contributed by atoms with van der Waals surface area (Å²) in [6.07, 6.45) is 2.62. The molecule has 0 spiro atoms. The van der Waals surface area contributed by atoms with Gasteiger partial charge in [-0.1, -0.05) is 0 Å². The highest BCUT2D eigenvalue weighted by Crippen LogP contribution is 1.97. The van der Waals surface area contributed by atoms with Gasteiger partial charge in [-0.05, 0) is 6.92 Å². The molecule has 0 unspecified atom stereocenters. The molecular weight excluding hydrogens is 160 g/mol. The number of nitrogens with zero attached hydrogens (tertiary/aromatic N) is 1. The molecule has 0 amide bonds. The quantitative estimate of drug-likeness (QED) is 0.396. The third-order valence-electron chi connectivity index (χ3n) is 1.22. The van der Waals surface area contributed by atoms with Crippen molar-refractivity contribution in [1.82, 2.24) is 10.2 Å². The number of Topliss-reactive ketones (excluding diaryl/α,β-unsaturated/α-hetero) is 1. The standard InChI is InChI=1S/C7H8N2O3/c1-2-12-7(11)6(10)5-3-8-9-4-5/h3-4H,2H2,1H3,(H,8,9). The molecule has 0 fully saturated rings. The first kappa shape index (κ1) is 8.45. The Bertz CT molecular complexity index is 279. The molecule has 0 saturated carbocycles. The number of nitrogens with one attached hydrogen (secondary N) is 1. The number of esters is 1. The number of ether oxygens (including phenoxy) is 1. The maximum Gasteiger partial charge on any atom is 0.379 e. The van der Waals surface area contributed by atoms with E-state index in [1.54, 1.807) is 6.92 Å². The van der Waals surface area contributed by atoms with Crippen molar-refractivity contribution in [2.24, 2.45) is 0 Å². The monoisotopic (exact) mass is 168 g/mol. The number of aromatic amines is 1. The number of ketones is 1. The normalized spacial score (nSPS) is 9.42. The van der Waals surface area contributed by atoms with Crippen LogP contribution in [0.3, 0.4) is 0 Å². The van der Waals surface area contributed by atoms with Crippen molar-refractivity contribution in [2.45, 2.75) is 6.92 Å². The number of hydrogen-bond acceptors (Lipinski definition) is 4. The largest absolute Gasteiger partial charge is 0.460 e. The molecule has 5 nitrogen and oxygen atoms in total. The molecule has 0 aliphatic heterocycles. The molecule has 1 aromatic rings. The summed E-state index contributed by atoms with van der Waals surface area (Å²) >= 11 is 0. The Morgan fingerprint density at radius 2 is 2.42 bits per heavy atom. The van der Waals surface area contributed by atoms with Gasteiger partial charge in [-0.3, -0.25) is 9.89 Å². The lowest BCUT2D eigenvalue weighted by molar-refractivity contribution is -0.137. The minimum atomic E-state index is -0.848. The zero-order valence-corrected chi connectivity index (χ0v) is 6.53. The second-order valence-electron chi connectivity index (χ2n) is 2.04. The summed E-state index contributed by atoms with van der Waals surface area (Å²) in [6, 6.07) is 0. The van der Waals surface area contributed by atoms with E-state index in [4.69, 9.17) is 0 Å². The lowest BCUT2D eigenvalue weighted by atomic mass is 10.2. The van der Waals surface area contributed by atoms with Gasteiger partial charge in [-0.25, -0.2) is 4.79 Å². The highest BCUT2D eigenvalue weighted by molar-refractivity contribution is 6.40. The summed E-state index contributed by atoms with van der Waals surface area (Å²) in [6.45, 7) is 1.84. The smallest absolute Gasteiger partial charge is 0.379 e. The average molecular weight is 168 g/mol. The maximum absolute atomic E-state index is 11.1. The molecule has 0 bridgehead atoms. The molecule has 1 N–H and O–H groups in total. The Balaban J connectivity index is 2.66. The van der Waals surface area contributed by atoms with E-state index in [-0.39, 0.29) is 12.2 Å². The number of aromatic nitrogens is 2. The van der Waals surface area contributed by atoms with E-state index in [9.17, 15) is 9.59 Å². The first-order valence-corrected chi connectivity index (χ1v) is 3.46. The minimum Gasteiger partial charge on any atom is -0.460 e. The fourth-order valence-corrected chi connectivity index (χ4v) is 0.690. The van der Waals surface area contributed by atoms with E-state index >= 15 is 0 Å². The summed E-state index contributed by atoms with van der Waals surface area (Å²) in [4.78, 5) is 21.9. The second-order valence-corrected chi connectivity index (χ2v) is 2.04. The Morgan fingerprint density at radius 1 is 1.67 bits per heavy atom. The van der Waals surface area contributed by atoms with Crippen molar-refractivity contribution in [3.63, 3.8) is 0 Å². The van der Waals surface area contributed by atoms with E-state index < -0.39 is 11.8 Å². The van der Waals surface area contributed by atoms with Crippen molar-refractivity contribution in [3.05, 3.63) is 18.0 Å². The molecule has 0 atom stereocenters. The summed E-state index contributed by atoms with van der Waals surface area (Å²) in [5.74, 6) is -1.52. The zero-order chi connectivity index (χ0) is 8.97. The van der Waals surface area contributed by atoms with Gasteiger partial charge in [0.2, 0.25) is 0 Å². The van der Waals surface area contributed by atoms with Gasteiger partial charge < -0.3 is 4.74 Å². The third-order valence-corrected chi connectivity index (χ3v) is 1.22. The van der Waals surface area contributed by atoms with Gasteiger partial charge in [-0.2, -0.15) is 5.10 Å². The van der Waals surface area contributed by atoms with Gasteiger partial charge in [0, 0.05) is 6.20 Å². The van der Waals surface area contributed by atoms with E-state index in [0.29, 0.717) is 0 Å². The fraction of sp³-hybridized carbons (Fsp3) is 0.286. The van der Waals surface area contributed by atoms with Crippen LogP contribution in [-0.4, -0.2) is 28.6 Å². The van der Waals surface area contributed by atoms with E-state index in [1.807, 2.05) is 0 Å². The molecule has 1 aromatic heterocycles. The Kier molecular flexibility index (Phi) is 2.57. The molecule has 12 heavy (non-hydrogen) atoms. The van der Waals surface area contributed by atoms with Crippen LogP contribution in [-0.2, 0) is 9.53 Å². The van der Waals surface area contributed by atoms with Crippen LogP contribution in [0.15, 0.2) is 12.4 Å². The van der Waals surface area contributed by atoms with Crippen molar-refractivity contribution in [2.75, 3.05) is 6.61 Å². The molecule has 5 heteroatoms. The molecule has 0 saturated heterocycles. The first-order chi connectivity index (χ1) is 5.75. The van der Waals surface area contributed by atoms with Crippen LogP contribution in [0.25, 0.3) is 0 Å². The van der Waals surface area contributed by atoms with Gasteiger partial charge >= 0.3 is 5.97 Å². The van der Waals surface area contributed by atoms with Crippen LogP contribution in [0, 0.1) is 0 Å². The number of rotatable bonds is 3. The average Bonchev–Trinajstić information content (AvgIpc) is 2.55. The SMILES string of the molecule is CCOC(=O)C(=O)c1cn[nH]c1. The predicted octanol–water partition coefficient (Wildman–Crippen LogP) is 0.155. The molecule has 0 aromatic carbocycles. The van der Waals surface area contributed by atoms with Crippen LogP contribution in [0.4, 0.5) is 0 Å². The van der Waals surface area contributed by atoms with E-state index in [1.165, 1.54) is 12.4 Å². The van der Waals surface area contributed by atoms with Gasteiger partial charge in [0.1, 0.15) is 0 Å². The Hall–Kier alpha value is -1.65. The Labute approximate surface area is 68.7 Å². The van der Waals surface area contributed by atoms with Gasteiger partial charge in [0.15, 0.2) is 0 Å². The number of hydrogen-bond donors (Lipinski definition) is 1. The number of H-pyrrole nitrogens is 1. The molecule has 1 heterocycles. The number of carbonyl (C=O) groups is 2. The van der Waals surface area contributed by atoms with Crippen molar-refractivity contribution in [1.29, 1.82) is 0 Å². The first-order valence-electron chi connectivity index (χ1n) is 3.46. The second kappa shape index (κ2) is 3.66. The lowest BCUT2D eigenvalue weighted by Crippen LogP contribution is -2.16. The highest BCUT2D eigenvalue weighted by Gasteiger charge is 2.17. The summed E-state index contributed by atoms with van der Waals surface area (Å²) in [7, 11) is 0. The summed E-state index contributed by atoms with van der Waals surface area (Å²) < 4.78 is 4.50. The minimum absolute atomic E-state index is 0.197. The molecule has 64 valence electrons. The topological polar surface area (TPSA) is 72.1 Å². The van der Waals surface area contributed by atoms with Crippen molar-refractivity contribution >= 4 is 11.8 Å². The molecule has 0 aliphatic rings. The summed E-state index contributed by atoms with van der Waals surface area (Å²) in [5.41, 5.74) is 0.216. The van der Waals surface area contributed by atoms with E-state index in [0.717, 1.165) is 0 Å². The Morgan fingerprint density at radius 3 is 2.92 bits per heavy atom. The van der Waals surface area contributed by atoms with Crippen molar-refractivity contribution < 1.29 is 14.3 Å². The predicted molar refractivity (Wildman–Crippen MR) is 39.6 cm³/mol. The van der Waals surface area contributed by atoms with E-state index in [2.05, 4.69) is 14.9 Å². The zero-order valence-electron chi connectivity index (χ0n) is 6.53.